The third kappa shape index (κ3) is 6.78. The van der Waals surface area contributed by atoms with E-state index in [-0.39, 0.29) is 11.7 Å². The Morgan fingerprint density at radius 1 is 0.946 bits per heavy atom. The molecule has 0 atom stereocenters. The predicted molar refractivity (Wildman–Crippen MR) is 147 cm³/mol. The van der Waals surface area contributed by atoms with Gasteiger partial charge < -0.3 is 19.5 Å². The van der Waals surface area contributed by atoms with Gasteiger partial charge in [0.15, 0.2) is 11.5 Å². The number of nitrogens with zero attached hydrogens (tertiary/aromatic N) is 3. The summed E-state index contributed by atoms with van der Waals surface area (Å²) in [4.78, 5) is 18.0. The van der Waals surface area contributed by atoms with Crippen LogP contribution in [0, 0.1) is 6.92 Å². The quantitative estimate of drug-likeness (QED) is 0.266. The van der Waals surface area contributed by atoms with Crippen LogP contribution in [0.4, 0.5) is 0 Å². The molecule has 0 fully saturated rings. The van der Waals surface area contributed by atoms with E-state index >= 15 is 0 Å². The molecule has 2 heterocycles. The molecule has 0 bridgehead atoms. The summed E-state index contributed by atoms with van der Waals surface area (Å²) in [5.74, 6) is 2.37. The summed E-state index contributed by atoms with van der Waals surface area (Å²) in [7, 11) is 4.86. The highest BCUT2D eigenvalue weighted by Crippen LogP contribution is 2.35. The van der Waals surface area contributed by atoms with Gasteiger partial charge in [-0.05, 0) is 67.4 Å². The summed E-state index contributed by atoms with van der Waals surface area (Å²) < 4.78 is 15.8. The Bertz CT molecular complexity index is 1340. The summed E-state index contributed by atoms with van der Waals surface area (Å²) in [6.07, 6.45) is 0.692. The monoisotopic (exact) mass is 536 g/mol. The van der Waals surface area contributed by atoms with Crippen molar-refractivity contribution in [1.29, 1.82) is 0 Å². The fourth-order valence-electron chi connectivity index (χ4n) is 3.58. The summed E-state index contributed by atoms with van der Waals surface area (Å²) in [5, 5.41) is 13.2. The second kappa shape index (κ2) is 12.6. The third-order valence-corrected chi connectivity index (χ3v) is 7.69. The van der Waals surface area contributed by atoms with E-state index in [1.54, 1.807) is 32.7 Å². The predicted octanol–water partition coefficient (Wildman–Crippen LogP) is 5.05. The number of carbonyl (C=O) groups excluding carboxylic acids is 1. The molecule has 1 amide bonds. The average Bonchev–Trinajstić information content (AvgIpc) is 3.33. The number of carbonyl (C=O) groups is 1. The molecule has 0 saturated carbocycles. The summed E-state index contributed by atoms with van der Waals surface area (Å²) in [5.41, 5.74) is 3.75. The average molecular weight is 537 g/mol. The van der Waals surface area contributed by atoms with E-state index in [9.17, 15) is 4.79 Å². The molecule has 37 heavy (non-hydrogen) atoms. The van der Waals surface area contributed by atoms with E-state index in [0.717, 1.165) is 38.1 Å². The Hall–Kier alpha value is -3.63. The molecule has 8 nitrogen and oxygen atoms in total. The van der Waals surface area contributed by atoms with Crippen LogP contribution in [0.1, 0.15) is 11.3 Å². The maximum atomic E-state index is 12.3. The molecule has 0 aliphatic heterocycles. The molecule has 2 aromatic heterocycles. The van der Waals surface area contributed by atoms with Crippen molar-refractivity contribution >= 4 is 29.0 Å². The first kappa shape index (κ1) is 26.4. The van der Waals surface area contributed by atoms with Crippen molar-refractivity contribution in [1.82, 2.24) is 20.5 Å². The largest absolute Gasteiger partial charge is 0.497 e. The molecule has 0 aliphatic carbocycles. The fourth-order valence-corrected chi connectivity index (χ4v) is 5.26. The van der Waals surface area contributed by atoms with Crippen LogP contribution in [-0.4, -0.2) is 54.7 Å². The van der Waals surface area contributed by atoms with Gasteiger partial charge in [0.1, 0.15) is 21.5 Å². The molecule has 192 valence electrons. The number of hydrogen-bond acceptors (Lipinski definition) is 9. The molecule has 0 unspecified atom stereocenters. The first-order valence-electron chi connectivity index (χ1n) is 11.6. The van der Waals surface area contributed by atoms with Gasteiger partial charge in [0, 0.05) is 12.1 Å². The summed E-state index contributed by atoms with van der Waals surface area (Å²) >= 11 is 2.93. The lowest BCUT2D eigenvalue weighted by atomic mass is 10.1. The Morgan fingerprint density at radius 3 is 2.41 bits per heavy atom. The van der Waals surface area contributed by atoms with E-state index in [1.165, 1.54) is 11.8 Å². The molecule has 0 saturated heterocycles. The normalized spacial score (nSPS) is 10.7. The molecule has 0 aliphatic rings. The minimum atomic E-state index is -0.0567. The molecule has 2 aromatic carbocycles. The lowest BCUT2D eigenvalue weighted by molar-refractivity contribution is -0.118. The van der Waals surface area contributed by atoms with Crippen LogP contribution in [0.2, 0.25) is 0 Å². The minimum absolute atomic E-state index is 0.0567. The smallest absolute Gasteiger partial charge is 0.230 e. The Morgan fingerprint density at radius 2 is 1.73 bits per heavy atom. The maximum Gasteiger partial charge on any atom is 0.230 e. The van der Waals surface area contributed by atoms with E-state index in [2.05, 4.69) is 15.5 Å². The number of thiazole rings is 1. The van der Waals surface area contributed by atoms with Gasteiger partial charge in [-0.1, -0.05) is 17.8 Å². The zero-order valence-corrected chi connectivity index (χ0v) is 22.7. The second-order valence-electron chi connectivity index (χ2n) is 8.00. The van der Waals surface area contributed by atoms with Crippen LogP contribution in [0.5, 0.6) is 17.2 Å². The lowest BCUT2D eigenvalue weighted by Crippen LogP contribution is -2.27. The zero-order valence-electron chi connectivity index (χ0n) is 21.1. The van der Waals surface area contributed by atoms with Gasteiger partial charge in [0.05, 0.1) is 37.7 Å². The third-order valence-electron chi connectivity index (χ3n) is 5.54. The number of aryl methyl sites for hydroxylation is 1. The van der Waals surface area contributed by atoms with E-state index in [1.807, 2.05) is 61.5 Å². The first-order valence-corrected chi connectivity index (χ1v) is 13.4. The number of ether oxygens (including phenoxy) is 3. The highest BCUT2D eigenvalue weighted by molar-refractivity contribution is 7.99. The van der Waals surface area contributed by atoms with E-state index < -0.39 is 0 Å². The number of nitrogens with one attached hydrogen (secondary N) is 1. The number of methoxy groups -OCH3 is 3. The number of amides is 1. The zero-order chi connectivity index (χ0) is 26.2. The van der Waals surface area contributed by atoms with Gasteiger partial charge in [0.25, 0.3) is 0 Å². The van der Waals surface area contributed by atoms with Gasteiger partial charge in [0.2, 0.25) is 5.91 Å². The highest BCUT2D eigenvalue weighted by atomic mass is 32.2. The molecule has 4 rings (SSSR count). The minimum Gasteiger partial charge on any atom is -0.497 e. The highest BCUT2D eigenvalue weighted by Gasteiger charge is 2.14. The van der Waals surface area contributed by atoms with Crippen molar-refractivity contribution in [2.75, 3.05) is 33.6 Å². The first-order chi connectivity index (χ1) is 18.0. The standard InChI is InChI=1S/C27H28N4O4S2/c1-17-26(37-27(29-17)19-6-8-20(33-2)9-7-19)21-10-12-25(31-30-21)36-16-24(32)28-14-13-18-5-11-22(34-3)23(15-18)35-4/h5-12,15H,13-14,16H2,1-4H3,(H,28,32). The number of aromatic nitrogens is 3. The van der Waals surface area contributed by atoms with E-state index in [4.69, 9.17) is 19.2 Å². The Balaban J connectivity index is 1.28. The topological polar surface area (TPSA) is 95.5 Å². The van der Waals surface area contributed by atoms with Gasteiger partial charge in [-0.2, -0.15) is 0 Å². The van der Waals surface area contributed by atoms with Crippen molar-refractivity contribution in [3.8, 4) is 38.4 Å². The Labute approximate surface area is 224 Å². The van der Waals surface area contributed by atoms with E-state index in [0.29, 0.717) is 29.5 Å². The summed E-state index contributed by atoms with van der Waals surface area (Å²) in [6.45, 7) is 2.50. The molecule has 0 spiro atoms. The van der Waals surface area contributed by atoms with Crippen molar-refractivity contribution in [2.24, 2.45) is 0 Å². The molecule has 1 N–H and O–H groups in total. The Kier molecular flexibility index (Phi) is 8.97. The lowest BCUT2D eigenvalue weighted by Gasteiger charge is -2.10. The van der Waals surface area contributed by atoms with Crippen molar-refractivity contribution in [2.45, 2.75) is 18.4 Å². The number of hydrogen-bond donors (Lipinski definition) is 1. The van der Waals surface area contributed by atoms with Crippen LogP contribution in [0.15, 0.2) is 59.6 Å². The maximum absolute atomic E-state index is 12.3. The molecule has 10 heteroatoms. The van der Waals surface area contributed by atoms with Gasteiger partial charge in [-0.15, -0.1) is 21.5 Å². The molecular weight excluding hydrogens is 508 g/mol. The fraction of sp³-hybridized carbons (Fsp3) is 0.259. The van der Waals surface area contributed by atoms with Crippen LogP contribution in [-0.2, 0) is 11.2 Å². The van der Waals surface area contributed by atoms with Crippen molar-refractivity contribution < 1.29 is 19.0 Å². The van der Waals surface area contributed by atoms with Gasteiger partial charge in [-0.3, -0.25) is 4.79 Å². The van der Waals surface area contributed by atoms with Crippen molar-refractivity contribution in [3.05, 3.63) is 65.9 Å². The van der Waals surface area contributed by atoms with Gasteiger partial charge in [-0.25, -0.2) is 4.98 Å². The summed E-state index contributed by atoms with van der Waals surface area (Å²) in [6, 6.07) is 17.4. The second-order valence-corrected chi connectivity index (χ2v) is 9.99. The molecule has 0 radical (unpaired) electrons. The number of benzene rings is 2. The SMILES string of the molecule is COc1ccc(-c2nc(C)c(-c3ccc(SCC(=O)NCCc4ccc(OC)c(OC)c4)nn3)s2)cc1. The van der Waals surface area contributed by atoms with Crippen LogP contribution < -0.4 is 19.5 Å². The van der Waals surface area contributed by atoms with Crippen molar-refractivity contribution in [3.63, 3.8) is 0 Å². The molecule has 4 aromatic rings. The van der Waals surface area contributed by atoms with Gasteiger partial charge >= 0.3 is 0 Å². The van der Waals surface area contributed by atoms with Crippen LogP contribution >= 0.6 is 23.1 Å². The number of rotatable bonds is 11. The molecular formula is C27H28N4O4S2. The van der Waals surface area contributed by atoms with Crippen LogP contribution in [0.25, 0.3) is 21.1 Å². The van der Waals surface area contributed by atoms with Crippen LogP contribution in [0.3, 0.4) is 0 Å². The number of thioether (sulfide) groups is 1.